The molecule has 0 N–H and O–H groups in total. The summed E-state index contributed by atoms with van der Waals surface area (Å²) in [5, 5.41) is 12.6. The Morgan fingerprint density at radius 2 is 0.867 bits per heavy atom. The summed E-state index contributed by atoms with van der Waals surface area (Å²) >= 11 is 0. The van der Waals surface area contributed by atoms with Gasteiger partial charge in [0.2, 0.25) is 0 Å². The predicted octanol–water partition coefficient (Wildman–Crippen LogP) is 12.6. The molecule has 9 rings (SSSR count). The molecule has 0 unspecified atom stereocenters. The van der Waals surface area contributed by atoms with E-state index in [1.165, 1.54) is 70.7 Å². The number of fused-ring (bicyclic) bond motifs is 8. The fourth-order valence-corrected chi connectivity index (χ4v) is 7.06. The van der Waals surface area contributed by atoms with Gasteiger partial charge in [0.15, 0.2) is 0 Å². The van der Waals surface area contributed by atoms with Crippen molar-refractivity contribution >= 4 is 70.9 Å². The number of anilines is 3. The third-order valence-electron chi connectivity index (χ3n) is 9.16. The molecular formula is C44H29N. The van der Waals surface area contributed by atoms with Crippen LogP contribution in [0, 0.1) is 0 Å². The Kier molecular flexibility index (Phi) is 5.89. The normalized spacial score (nSPS) is 11.6. The second-order valence-corrected chi connectivity index (χ2v) is 11.8. The van der Waals surface area contributed by atoms with Crippen LogP contribution in [-0.2, 0) is 0 Å². The minimum atomic E-state index is 1.13. The van der Waals surface area contributed by atoms with Crippen LogP contribution in [-0.4, -0.2) is 0 Å². The lowest BCUT2D eigenvalue weighted by Gasteiger charge is -2.28. The van der Waals surface area contributed by atoms with E-state index >= 15 is 0 Å². The predicted molar refractivity (Wildman–Crippen MR) is 194 cm³/mol. The summed E-state index contributed by atoms with van der Waals surface area (Å²) in [7, 11) is 0. The number of hydrogen-bond donors (Lipinski definition) is 0. The summed E-state index contributed by atoms with van der Waals surface area (Å²) < 4.78 is 0. The standard InChI is InChI=1S/C44H29N/c1-2-11-30(12-3-1)33-15-10-16-36(27-33)45(43-29-34-14-5-6-17-38(34)41-19-8-9-20-42(41)43)37-25-26-40-35(28-37)24-23-32-22-21-31-13-4-7-18-39(31)44(32)40/h1-29H. The van der Waals surface area contributed by atoms with Gasteiger partial charge in [0.1, 0.15) is 0 Å². The zero-order valence-electron chi connectivity index (χ0n) is 24.7. The summed E-state index contributed by atoms with van der Waals surface area (Å²) in [6.07, 6.45) is 0. The average Bonchev–Trinajstić information content (AvgIpc) is 3.12. The van der Waals surface area contributed by atoms with Gasteiger partial charge < -0.3 is 4.90 Å². The van der Waals surface area contributed by atoms with Crippen molar-refractivity contribution < 1.29 is 0 Å². The number of hydrogen-bond acceptors (Lipinski definition) is 1. The Balaban J connectivity index is 1.33. The van der Waals surface area contributed by atoms with E-state index in [1.807, 2.05) is 0 Å². The molecule has 0 aliphatic carbocycles. The second-order valence-electron chi connectivity index (χ2n) is 11.8. The summed E-state index contributed by atoms with van der Waals surface area (Å²) in [4.78, 5) is 2.44. The lowest BCUT2D eigenvalue weighted by Crippen LogP contribution is -2.11. The highest BCUT2D eigenvalue weighted by Gasteiger charge is 2.19. The van der Waals surface area contributed by atoms with Gasteiger partial charge in [-0.1, -0.05) is 146 Å². The molecule has 0 bridgehead atoms. The molecule has 210 valence electrons. The van der Waals surface area contributed by atoms with Crippen LogP contribution in [0.2, 0.25) is 0 Å². The van der Waals surface area contributed by atoms with Gasteiger partial charge in [-0.15, -0.1) is 0 Å². The van der Waals surface area contributed by atoms with E-state index in [2.05, 4.69) is 181 Å². The van der Waals surface area contributed by atoms with Crippen molar-refractivity contribution in [3.8, 4) is 11.1 Å². The molecule has 9 aromatic carbocycles. The maximum absolute atomic E-state index is 2.44. The molecule has 9 aromatic rings. The zero-order valence-corrected chi connectivity index (χ0v) is 24.7. The molecule has 0 radical (unpaired) electrons. The van der Waals surface area contributed by atoms with Gasteiger partial charge in [0, 0.05) is 16.8 Å². The Morgan fingerprint density at radius 1 is 0.289 bits per heavy atom. The molecular weight excluding hydrogens is 542 g/mol. The van der Waals surface area contributed by atoms with Gasteiger partial charge in [-0.05, 0) is 89.9 Å². The smallest absolute Gasteiger partial charge is 0.0546 e. The third-order valence-corrected chi connectivity index (χ3v) is 9.16. The molecule has 0 saturated carbocycles. The van der Waals surface area contributed by atoms with Crippen molar-refractivity contribution in [2.45, 2.75) is 0 Å². The van der Waals surface area contributed by atoms with Crippen molar-refractivity contribution in [1.29, 1.82) is 0 Å². The molecule has 0 saturated heterocycles. The Labute approximate surface area is 262 Å². The van der Waals surface area contributed by atoms with Gasteiger partial charge in [-0.3, -0.25) is 0 Å². The zero-order chi connectivity index (χ0) is 29.7. The lowest BCUT2D eigenvalue weighted by molar-refractivity contribution is 1.31. The lowest BCUT2D eigenvalue weighted by atomic mass is 9.95. The first-order valence-corrected chi connectivity index (χ1v) is 15.5. The molecule has 1 nitrogen and oxygen atoms in total. The van der Waals surface area contributed by atoms with Gasteiger partial charge in [-0.2, -0.15) is 0 Å². The Morgan fingerprint density at radius 3 is 1.71 bits per heavy atom. The van der Waals surface area contributed by atoms with E-state index in [0.29, 0.717) is 0 Å². The van der Waals surface area contributed by atoms with Crippen LogP contribution < -0.4 is 4.90 Å². The van der Waals surface area contributed by atoms with Crippen LogP contribution in [0.4, 0.5) is 17.1 Å². The topological polar surface area (TPSA) is 3.24 Å². The molecule has 0 fully saturated rings. The molecule has 0 amide bonds. The van der Waals surface area contributed by atoms with E-state index < -0.39 is 0 Å². The van der Waals surface area contributed by atoms with E-state index in [9.17, 15) is 0 Å². The summed E-state index contributed by atoms with van der Waals surface area (Å²) in [6, 6.07) is 64.1. The largest absolute Gasteiger partial charge is 0.310 e. The first-order valence-electron chi connectivity index (χ1n) is 15.5. The molecule has 0 atom stereocenters. The number of benzene rings is 9. The Hall–Kier alpha value is -5.92. The van der Waals surface area contributed by atoms with Crippen molar-refractivity contribution in [2.75, 3.05) is 4.90 Å². The Bertz CT molecular complexity index is 2550. The van der Waals surface area contributed by atoms with E-state index in [1.54, 1.807) is 0 Å². The maximum Gasteiger partial charge on any atom is 0.0546 e. The van der Waals surface area contributed by atoms with Gasteiger partial charge in [0.05, 0.1) is 5.69 Å². The fraction of sp³-hybridized carbons (Fsp3) is 0. The van der Waals surface area contributed by atoms with Crippen LogP contribution >= 0.6 is 0 Å². The van der Waals surface area contributed by atoms with E-state index in [0.717, 1.165) is 11.4 Å². The third kappa shape index (κ3) is 4.24. The monoisotopic (exact) mass is 571 g/mol. The highest BCUT2D eigenvalue weighted by atomic mass is 15.1. The molecule has 0 aliphatic heterocycles. The summed E-state index contributed by atoms with van der Waals surface area (Å²) in [5.74, 6) is 0. The van der Waals surface area contributed by atoms with E-state index in [4.69, 9.17) is 0 Å². The first-order chi connectivity index (χ1) is 22.3. The van der Waals surface area contributed by atoms with Crippen molar-refractivity contribution in [3.05, 3.63) is 176 Å². The van der Waals surface area contributed by atoms with Crippen LogP contribution in [0.25, 0.3) is 65.0 Å². The van der Waals surface area contributed by atoms with Gasteiger partial charge in [0.25, 0.3) is 0 Å². The molecule has 0 aliphatic rings. The average molecular weight is 572 g/mol. The van der Waals surface area contributed by atoms with Crippen LogP contribution in [0.15, 0.2) is 176 Å². The SMILES string of the molecule is c1ccc(-c2cccc(N(c3ccc4c(ccc5ccc6ccccc6c54)c3)c3cc4ccccc4c4ccccc34)c2)cc1. The summed E-state index contributed by atoms with van der Waals surface area (Å²) in [6.45, 7) is 0. The quantitative estimate of drug-likeness (QED) is 0.190. The van der Waals surface area contributed by atoms with Crippen molar-refractivity contribution in [2.24, 2.45) is 0 Å². The minimum Gasteiger partial charge on any atom is -0.310 e. The second kappa shape index (κ2) is 10.4. The van der Waals surface area contributed by atoms with Crippen molar-refractivity contribution in [3.63, 3.8) is 0 Å². The van der Waals surface area contributed by atoms with Crippen LogP contribution in [0.3, 0.4) is 0 Å². The molecule has 0 spiro atoms. The highest BCUT2D eigenvalue weighted by Crippen LogP contribution is 2.44. The number of nitrogens with zero attached hydrogens (tertiary/aromatic N) is 1. The molecule has 0 aromatic heterocycles. The fourth-order valence-electron chi connectivity index (χ4n) is 7.06. The molecule has 0 heterocycles. The number of rotatable bonds is 4. The minimum absolute atomic E-state index is 1.13. The van der Waals surface area contributed by atoms with Gasteiger partial charge >= 0.3 is 0 Å². The maximum atomic E-state index is 2.44. The van der Waals surface area contributed by atoms with Gasteiger partial charge in [-0.25, -0.2) is 0 Å². The van der Waals surface area contributed by atoms with Crippen LogP contribution in [0.5, 0.6) is 0 Å². The van der Waals surface area contributed by atoms with Crippen LogP contribution in [0.1, 0.15) is 0 Å². The molecule has 1 heteroatoms. The first kappa shape index (κ1) is 25.6. The summed E-state index contributed by atoms with van der Waals surface area (Å²) in [5.41, 5.74) is 5.83. The van der Waals surface area contributed by atoms with Crippen molar-refractivity contribution in [1.82, 2.24) is 0 Å². The highest BCUT2D eigenvalue weighted by molar-refractivity contribution is 6.21. The molecule has 45 heavy (non-hydrogen) atoms. The van der Waals surface area contributed by atoms with E-state index in [-0.39, 0.29) is 0 Å².